The average Bonchev–Trinajstić information content (AvgIpc) is 2.98. The summed E-state index contributed by atoms with van der Waals surface area (Å²) in [6, 6.07) is 6.03. The zero-order chi connectivity index (χ0) is 13.2. The highest BCUT2D eigenvalue weighted by atomic mass is 32.2. The molecule has 1 aromatic heterocycles. The van der Waals surface area contributed by atoms with Gasteiger partial charge in [0.2, 0.25) is 6.79 Å². The Hall–Kier alpha value is -1.87. The Balaban J connectivity index is 1.86. The van der Waals surface area contributed by atoms with Crippen LogP contribution in [-0.2, 0) is 7.05 Å². The lowest BCUT2D eigenvalue weighted by atomic mass is 10.3. The predicted octanol–water partition coefficient (Wildman–Crippen LogP) is 2.70. The van der Waals surface area contributed by atoms with Crippen LogP contribution in [0.2, 0.25) is 0 Å². The normalized spacial score (nSPS) is 12.8. The molecule has 1 aromatic carbocycles. The number of nitrogens with zero attached hydrogens (tertiary/aromatic N) is 3. The van der Waals surface area contributed by atoms with Gasteiger partial charge in [0.15, 0.2) is 16.7 Å². The van der Waals surface area contributed by atoms with Gasteiger partial charge in [0.05, 0.1) is 17.1 Å². The summed E-state index contributed by atoms with van der Waals surface area (Å²) in [5.74, 6) is 2.43. The van der Waals surface area contributed by atoms with Crippen LogP contribution in [0.25, 0.3) is 11.0 Å². The van der Waals surface area contributed by atoms with Gasteiger partial charge in [-0.3, -0.25) is 0 Å². The van der Waals surface area contributed by atoms with Gasteiger partial charge in [-0.1, -0.05) is 11.8 Å². The molecule has 0 N–H and O–H groups in total. The second-order valence-corrected chi connectivity index (χ2v) is 5.32. The molecule has 0 atom stereocenters. The molecule has 0 radical (unpaired) electrons. The predicted molar refractivity (Wildman–Crippen MR) is 72.4 cm³/mol. The molecule has 1 aliphatic rings. The minimum atomic E-state index is 0.279. The fraction of sp³-hybridized carbons (Fsp3) is 0.385. The molecule has 2 heterocycles. The van der Waals surface area contributed by atoms with E-state index < -0.39 is 0 Å². The van der Waals surface area contributed by atoms with Gasteiger partial charge in [0.25, 0.3) is 0 Å². The summed E-state index contributed by atoms with van der Waals surface area (Å²) in [6.07, 6.45) is 1.47. The van der Waals surface area contributed by atoms with E-state index in [0.29, 0.717) is 6.42 Å². The van der Waals surface area contributed by atoms with E-state index in [4.69, 9.17) is 14.7 Å². The van der Waals surface area contributed by atoms with Crippen molar-refractivity contribution in [2.75, 3.05) is 12.5 Å². The summed E-state index contributed by atoms with van der Waals surface area (Å²) >= 11 is 1.67. The van der Waals surface area contributed by atoms with Gasteiger partial charge in [-0.2, -0.15) is 5.26 Å². The van der Waals surface area contributed by atoms with E-state index in [1.165, 1.54) is 0 Å². The summed E-state index contributed by atoms with van der Waals surface area (Å²) in [5.41, 5.74) is 1.95. The average molecular weight is 275 g/mol. The molecule has 2 aromatic rings. The number of aryl methyl sites for hydroxylation is 1. The van der Waals surface area contributed by atoms with Crippen molar-refractivity contribution in [3.05, 3.63) is 12.1 Å². The maximum atomic E-state index is 8.52. The molecule has 1 aliphatic heterocycles. The van der Waals surface area contributed by atoms with Crippen LogP contribution >= 0.6 is 11.8 Å². The fourth-order valence-corrected chi connectivity index (χ4v) is 2.93. The quantitative estimate of drug-likeness (QED) is 0.634. The number of rotatable bonds is 4. The Labute approximate surface area is 115 Å². The van der Waals surface area contributed by atoms with Crippen LogP contribution in [0.3, 0.4) is 0 Å². The summed E-state index contributed by atoms with van der Waals surface area (Å²) in [4.78, 5) is 4.59. The number of fused-ring (bicyclic) bond motifs is 2. The van der Waals surface area contributed by atoms with Gasteiger partial charge in [-0.25, -0.2) is 4.98 Å². The number of thioether (sulfide) groups is 1. The Morgan fingerprint density at radius 2 is 2.21 bits per heavy atom. The standard InChI is InChI=1S/C13H13N3O2S/c1-16-10-7-12-11(17-8-18-12)6-9(10)15-13(16)19-5-3-2-4-14/h6-7H,2-3,5,8H2,1H3. The highest BCUT2D eigenvalue weighted by Crippen LogP contribution is 2.37. The number of benzene rings is 1. The maximum Gasteiger partial charge on any atom is 0.231 e. The first-order valence-corrected chi connectivity index (χ1v) is 7.04. The second-order valence-electron chi connectivity index (χ2n) is 4.26. The van der Waals surface area contributed by atoms with Crippen LogP contribution in [0.15, 0.2) is 17.3 Å². The minimum absolute atomic E-state index is 0.279. The topological polar surface area (TPSA) is 60.1 Å². The van der Waals surface area contributed by atoms with E-state index in [1.807, 2.05) is 23.7 Å². The molecular weight excluding hydrogens is 262 g/mol. The first-order chi connectivity index (χ1) is 9.29. The van der Waals surface area contributed by atoms with E-state index in [1.54, 1.807) is 11.8 Å². The van der Waals surface area contributed by atoms with Gasteiger partial charge >= 0.3 is 0 Å². The second kappa shape index (κ2) is 5.02. The number of hydrogen-bond donors (Lipinski definition) is 0. The van der Waals surface area contributed by atoms with Crippen LogP contribution in [0, 0.1) is 11.3 Å². The van der Waals surface area contributed by atoms with Crippen LogP contribution in [-0.4, -0.2) is 22.1 Å². The monoisotopic (exact) mass is 275 g/mol. The van der Waals surface area contributed by atoms with Crippen LogP contribution in [0.1, 0.15) is 12.8 Å². The molecular formula is C13H13N3O2S. The lowest BCUT2D eigenvalue weighted by molar-refractivity contribution is 0.174. The summed E-state index contributed by atoms with van der Waals surface area (Å²) in [5, 5.41) is 9.47. The summed E-state index contributed by atoms with van der Waals surface area (Å²) < 4.78 is 12.8. The molecule has 0 saturated heterocycles. The molecule has 0 amide bonds. The van der Waals surface area contributed by atoms with E-state index >= 15 is 0 Å². The van der Waals surface area contributed by atoms with Gasteiger partial charge < -0.3 is 14.0 Å². The molecule has 6 heteroatoms. The van der Waals surface area contributed by atoms with Crippen molar-refractivity contribution in [3.8, 4) is 17.6 Å². The van der Waals surface area contributed by atoms with Crippen molar-refractivity contribution in [3.63, 3.8) is 0 Å². The Bertz CT molecular complexity index is 660. The number of aromatic nitrogens is 2. The third-order valence-electron chi connectivity index (χ3n) is 3.00. The molecule has 0 aliphatic carbocycles. The van der Waals surface area contributed by atoms with Crippen molar-refractivity contribution < 1.29 is 9.47 Å². The third kappa shape index (κ3) is 2.22. The highest BCUT2D eigenvalue weighted by molar-refractivity contribution is 7.99. The molecule has 98 valence electrons. The number of hydrogen-bond acceptors (Lipinski definition) is 5. The Morgan fingerprint density at radius 3 is 3.00 bits per heavy atom. The zero-order valence-corrected chi connectivity index (χ0v) is 11.4. The lowest BCUT2D eigenvalue weighted by Gasteiger charge is -2.01. The first-order valence-electron chi connectivity index (χ1n) is 6.05. The van der Waals surface area contributed by atoms with Crippen LogP contribution in [0.5, 0.6) is 11.5 Å². The molecule has 0 fully saturated rings. The van der Waals surface area contributed by atoms with Gasteiger partial charge in [-0.05, 0) is 6.42 Å². The SMILES string of the molecule is Cn1c(SCCCC#N)nc2cc3c(cc21)OCO3. The zero-order valence-electron chi connectivity index (χ0n) is 10.5. The van der Waals surface area contributed by atoms with Gasteiger partial charge in [-0.15, -0.1) is 0 Å². The smallest absolute Gasteiger partial charge is 0.231 e. The number of imidazole rings is 1. The molecule has 19 heavy (non-hydrogen) atoms. The summed E-state index contributed by atoms with van der Waals surface area (Å²) in [6.45, 7) is 0.279. The van der Waals surface area contributed by atoms with E-state index in [9.17, 15) is 0 Å². The van der Waals surface area contributed by atoms with Crippen molar-refractivity contribution in [2.24, 2.45) is 7.05 Å². The molecule has 0 spiro atoms. The molecule has 3 rings (SSSR count). The van der Waals surface area contributed by atoms with Crippen molar-refractivity contribution in [1.82, 2.24) is 9.55 Å². The Morgan fingerprint density at radius 1 is 1.42 bits per heavy atom. The van der Waals surface area contributed by atoms with Crippen LogP contribution < -0.4 is 9.47 Å². The largest absolute Gasteiger partial charge is 0.454 e. The molecule has 5 nitrogen and oxygen atoms in total. The van der Waals surface area contributed by atoms with Crippen molar-refractivity contribution >= 4 is 22.8 Å². The van der Waals surface area contributed by atoms with Crippen molar-refractivity contribution in [1.29, 1.82) is 5.26 Å². The Kier molecular flexibility index (Phi) is 3.22. The maximum absolute atomic E-state index is 8.52. The van der Waals surface area contributed by atoms with Gasteiger partial charge in [0, 0.05) is 31.4 Å². The molecule has 0 bridgehead atoms. The van der Waals surface area contributed by atoms with E-state index in [-0.39, 0.29) is 6.79 Å². The minimum Gasteiger partial charge on any atom is -0.454 e. The lowest BCUT2D eigenvalue weighted by Crippen LogP contribution is -1.93. The van der Waals surface area contributed by atoms with Gasteiger partial charge in [0.1, 0.15) is 0 Å². The molecule has 0 saturated carbocycles. The molecule has 0 unspecified atom stereocenters. The number of ether oxygens (including phenoxy) is 2. The van der Waals surface area contributed by atoms with Crippen LogP contribution in [0.4, 0.5) is 0 Å². The number of nitriles is 1. The summed E-state index contributed by atoms with van der Waals surface area (Å²) in [7, 11) is 1.99. The van der Waals surface area contributed by atoms with E-state index in [2.05, 4.69) is 11.1 Å². The van der Waals surface area contributed by atoms with E-state index in [0.717, 1.165) is 39.9 Å². The highest BCUT2D eigenvalue weighted by Gasteiger charge is 2.17. The first kappa shape index (κ1) is 12.2. The van der Waals surface area contributed by atoms with Crippen molar-refractivity contribution in [2.45, 2.75) is 18.0 Å². The fourth-order valence-electron chi connectivity index (χ4n) is 2.00. The third-order valence-corrected chi connectivity index (χ3v) is 4.11. The number of unbranched alkanes of at least 4 members (excludes halogenated alkanes) is 1.